The van der Waals surface area contributed by atoms with Crippen LogP contribution in [0.25, 0.3) is 16.9 Å². The normalized spacial score (nSPS) is 10.5. The average Bonchev–Trinajstić information content (AvgIpc) is 3.03. The van der Waals surface area contributed by atoms with Gasteiger partial charge in [-0.25, -0.2) is 4.79 Å². The lowest BCUT2D eigenvalue weighted by molar-refractivity contribution is 0.355. The third kappa shape index (κ3) is 2.86. The number of methoxy groups -OCH3 is 3. The first kappa shape index (κ1) is 15.7. The Hall–Kier alpha value is -3.15. The van der Waals surface area contributed by atoms with Crippen LogP contribution >= 0.6 is 0 Å². The summed E-state index contributed by atoms with van der Waals surface area (Å²) in [4.78, 5) is 15.1. The van der Waals surface area contributed by atoms with E-state index in [1.54, 1.807) is 38.2 Å². The molecule has 0 saturated heterocycles. The highest BCUT2D eigenvalue weighted by Crippen LogP contribution is 2.31. The summed E-state index contributed by atoms with van der Waals surface area (Å²) >= 11 is 0. The molecule has 1 N–H and O–H groups in total. The summed E-state index contributed by atoms with van der Waals surface area (Å²) in [6.45, 7) is 0. The quantitative estimate of drug-likeness (QED) is 0.783. The SMILES string of the molecule is COc1ccc(-n2cc(-c3ccc(OC)c(OC)c3)[nH]c2=O)cc1. The van der Waals surface area contributed by atoms with E-state index in [9.17, 15) is 4.79 Å². The minimum atomic E-state index is -0.218. The molecule has 0 fully saturated rings. The Labute approximate surface area is 139 Å². The fourth-order valence-corrected chi connectivity index (χ4v) is 2.48. The third-order valence-corrected chi connectivity index (χ3v) is 3.76. The van der Waals surface area contributed by atoms with E-state index in [0.717, 1.165) is 17.0 Å². The van der Waals surface area contributed by atoms with Crippen molar-refractivity contribution in [3.63, 3.8) is 0 Å². The van der Waals surface area contributed by atoms with Crippen LogP contribution in [-0.2, 0) is 0 Å². The minimum absolute atomic E-state index is 0.218. The summed E-state index contributed by atoms with van der Waals surface area (Å²) in [5.74, 6) is 1.98. The second kappa shape index (κ2) is 6.54. The molecule has 24 heavy (non-hydrogen) atoms. The number of H-pyrrole nitrogens is 1. The Bertz CT molecular complexity index is 894. The highest BCUT2D eigenvalue weighted by atomic mass is 16.5. The molecule has 2 aromatic carbocycles. The summed E-state index contributed by atoms with van der Waals surface area (Å²) < 4.78 is 17.2. The highest BCUT2D eigenvalue weighted by molar-refractivity contribution is 5.64. The molecule has 3 aromatic rings. The summed E-state index contributed by atoms with van der Waals surface area (Å²) in [6.07, 6.45) is 1.76. The summed E-state index contributed by atoms with van der Waals surface area (Å²) in [7, 11) is 4.76. The van der Waals surface area contributed by atoms with E-state index in [-0.39, 0.29) is 5.69 Å². The maximum Gasteiger partial charge on any atom is 0.330 e. The van der Waals surface area contributed by atoms with Crippen LogP contribution in [0, 0.1) is 0 Å². The van der Waals surface area contributed by atoms with Gasteiger partial charge in [0.2, 0.25) is 0 Å². The van der Waals surface area contributed by atoms with E-state index >= 15 is 0 Å². The van der Waals surface area contributed by atoms with Crippen LogP contribution in [0.4, 0.5) is 0 Å². The monoisotopic (exact) mass is 326 g/mol. The van der Waals surface area contributed by atoms with Crippen molar-refractivity contribution in [1.29, 1.82) is 0 Å². The van der Waals surface area contributed by atoms with Crippen LogP contribution in [0.5, 0.6) is 17.2 Å². The van der Waals surface area contributed by atoms with Crippen LogP contribution in [0.15, 0.2) is 53.5 Å². The number of aromatic nitrogens is 2. The van der Waals surface area contributed by atoms with E-state index in [4.69, 9.17) is 14.2 Å². The predicted molar refractivity (Wildman–Crippen MR) is 91.5 cm³/mol. The van der Waals surface area contributed by atoms with Gasteiger partial charge >= 0.3 is 5.69 Å². The zero-order valence-electron chi connectivity index (χ0n) is 13.7. The number of nitrogens with one attached hydrogen (secondary N) is 1. The zero-order chi connectivity index (χ0) is 17.1. The van der Waals surface area contributed by atoms with Gasteiger partial charge in [0.1, 0.15) is 5.75 Å². The number of aromatic amines is 1. The number of hydrogen-bond donors (Lipinski definition) is 1. The lowest BCUT2D eigenvalue weighted by Crippen LogP contribution is -2.13. The van der Waals surface area contributed by atoms with Gasteiger partial charge in [-0.15, -0.1) is 0 Å². The lowest BCUT2D eigenvalue weighted by atomic mass is 10.1. The molecule has 0 aliphatic rings. The van der Waals surface area contributed by atoms with Gasteiger partial charge in [0.15, 0.2) is 11.5 Å². The van der Waals surface area contributed by atoms with E-state index in [1.807, 2.05) is 36.4 Å². The maximum absolute atomic E-state index is 12.3. The second-order valence-corrected chi connectivity index (χ2v) is 5.11. The molecule has 0 amide bonds. The number of rotatable bonds is 5. The molecule has 1 heterocycles. The first-order valence-electron chi connectivity index (χ1n) is 7.34. The summed E-state index contributed by atoms with van der Waals surface area (Å²) in [6, 6.07) is 12.8. The molecule has 0 unspecified atom stereocenters. The van der Waals surface area contributed by atoms with Gasteiger partial charge in [-0.2, -0.15) is 0 Å². The van der Waals surface area contributed by atoms with Crippen molar-refractivity contribution in [1.82, 2.24) is 9.55 Å². The number of ether oxygens (including phenoxy) is 3. The van der Waals surface area contributed by atoms with Crippen molar-refractivity contribution >= 4 is 0 Å². The van der Waals surface area contributed by atoms with Gasteiger partial charge in [0, 0.05) is 11.8 Å². The Morgan fingerprint density at radius 3 is 2.21 bits per heavy atom. The molecular formula is C18H18N2O4. The molecule has 0 aliphatic carbocycles. The molecule has 0 aliphatic heterocycles. The van der Waals surface area contributed by atoms with Gasteiger partial charge in [0.25, 0.3) is 0 Å². The molecule has 0 radical (unpaired) electrons. The largest absolute Gasteiger partial charge is 0.497 e. The van der Waals surface area contributed by atoms with Crippen molar-refractivity contribution < 1.29 is 14.2 Å². The number of benzene rings is 2. The second-order valence-electron chi connectivity index (χ2n) is 5.11. The Kier molecular flexibility index (Phi) is 4.29. The maximum atomic E-state index is 12.3. The third-order valence-electron chi connectivity index (χ3n) is 3.76. The molecule has 6 nitrogen and oxygen atoms in total. The topological polar surface area (TPSA) is 65.5 Å². The zero-order valence-corrected chi connectivity index (χ0v) is 13.7. The van der Waals surface area contributed by atoms with Crippen molar-refractivity contribution in [2.75, 3.05) is 21.3 Å². The first-order valence-corrected chi connectivity index (χ1v) is 7.34. The van der Waals surface area contributed by atoms with Crippen LogP contribution in [0.1, 0.15) is 0 Å². The standard InChI is InChI=1S/C18H18N2O4/c1-22-14-7-5-13(6-8-14)20-11-15(19-18(20)21)12-4-9-16(23-2)17(10-12)24-3/h4-11H,1-3H3,(H,19,21). The Balaban J connectivity index is 2.00. The molecule has 0 atom stereocenters. The minimum Gasteiger partial charge on any atom is -0.497 e. The van der Waals surface area contributed by atoms with Crippen LogP contribution in [0.2, 0.25) is 0 Å². The molecule has 0 spiro atoms. The molecule has 1 aromatic heterocycles. The predicted octanol–water partition coefficient (Wildman–Crippen LogP) is 2.86. The van der Waals surface area contributed by atoms with Crippen molar-refractivity contribution in [2.45, 2.75) is 0 Å². The fraction of sp³-hybridized carbons (Fsp3) is 0.167. The summed E-state index contributed by atoms with van der Waals surface area (Å²) in [5.41, 5.74) is 2.06. The smallest absolute Gasteiger partial charge is 0.330 e. The van der Waals surface area contributed by atoms with Crippen LogP contribution in [0.3, 0.4) is 0 Å². The van der Waals surface area contributed by atoms with Gasteiger partial charge in [0.05, 0.1) is 32.7 Å². The van der Waals surface area contributed by atoms with E-state index < -0.39 is 0 Å². The lowest BCUT2D eigenvalue weighted by Gasteiger charge is -2.08. The molecule has 124 valence electrons. The van der Waals surface area contributed by atoms with Crippen LogP contribution < -0.4 is 19.9 Å². The van der Waals surface area contributed by atoms with E-state index in [1.165, 1.54) is 0 Å². The fourth-order valence-electron chi connectivity index (χ4n) is 2.48. The van der Waals surface area contributed by atoms with E-state index in [2.05, 4.69) is 4.98 Å². The molecule has 3 rings (SSSR count). The molecule has 0 saturated carbocycles. The number of hydrogen-bond acceptors (Lipinski definition) is 4. The first-order chi connectivity index (χ1) is 11.7. The van der Waals surface area contributed by atoms with Gasteiger partial charge in [-0.1, -0.05) is 0 Å². The molecule has 0 bridgehead atoms. The van der Waals surface area contributed by atoms with Gasteiger partial charge in [-0.05, 0) is 42.5 Å². The van der Waals surface area contributed by atoms with Gasteiger partial charge in [-0.3, -0.25) is 4.57 Å². The average molecular weight is 326 g/mol. The van der Waals surface area contributed by atoms with Crippen molar-refractivity contribution in [3.8, 4) is 34.2 Å². The Morgan fingerprint density at radius 2 is 1.58 bits per heavy atom. The number of imidazole rings is 1. The van der Waals surface area contributed by atoms with Crippen molar-refractivity contribution in [2.24, 2.45) is 0 Å². The Morgan fingerprint density at radius 1 is 0.875 bits per heavy atom. The van der Waals surface area contributed by atoms with Crippen LogP contribution in [-0.4, -0.2) is 30.9 Å². The highest BCUT2D eigenvalue weighted by Gasteiger charge is 2.10. The molecular weight excluding hydrogens is 308 g/mol. The van der Waals surface area contributed by atoms with Gasteiger partial charge < -0.3 is 19.2 Å². The number of nitrogens with zero attached hydrogens (tertiary/aromatic N) is 1. The van der Waals surface area contributed by atoms with E-state index in [0.29, 0.717) is 17.2 Å². The molecule has 6 heteroatoms. The summed E-state index contributed by atoms with van der Waals surface area (Å²) in [5, 5.41) is 0. The van der Waals surface area contributed by atoms with Crippen molar-refractivity contribution in [3.05, 3.63) is 59.1 Å².